The number of hydrogen-bond donors (Lipinski definition) is 6. The third-order valence-corrected chi connectivity index (χ3v) is 8.36. The van der Waals surface area contributed by atoms with Crippen LogP contribution in [-0.4, -0.2) is 87.5 Å². The molecule has 0 spiro atoms. The maximum atomic E-state index is 12.8. The van der Waals surface area contributed by atoms with Crippen molar-refractivity contribution in [2.75, 3.05) is 13.2 Å². The Morgan fingerprint density at radius 2 is 1.28 bits per heavy atom. The van der Waals surface area contributed by atoms with Gasteiger partial charge in [-0.05, 0) is 19.3 Å². The van der Waals surface area contributed by atoms with E-state index in [0.717, 1.165) is 38.5 Å². The van der Waals surface area contributed by atoms with Crippen molar-refractivity contribution in [3.8, 4) is 0 Å². The summed E-state index contributed by atoms with van der Waals surface area (Å²) in [7, 11) is 0. The van der Waals surface area contributed by atoms with Crippen LogP contribution >= 0.6 is 0 Å². The highest BCUT2D eigenvalue weighted by Crippen LogP contribution is 2.22. The van der Waals surface area contributed by atoms with E-state index >= 15 is 0 Å². The van der Waals surface area contributed by atoms with Crippen LogP contribution in [0.15, 0.2) is 12.2 Å². The largest absolute Gasteiger partial charge is 0.394 e. The summed E-state index contributed by atoms with van der Waals surface area (Å²) in [5, 5.41) is 53.6. The van der Waals surface area contributed by atoms with Gasteiger partial charge in [-0.1, -0.05) is 129 Å². The Kier molecular flexibility index (Phi) is 24.3. The number of aliphatic hydroxyl groups is 5. The minimum absolute atomic E-state index is 0.183. The summed E-state index contributed by atoms with van der Waals surface area (Å²) in [6.45, 7) is 3.69. The number of hydrogen-bond acceptors (Lipinski definition) is 8. The number of carbonyl (C=O) groups is 1. The highest BCUT2D eigenvalue weighted by atomic mass is 16.7. The quantitative estimate of drug-likeness (QED) is 0.0556. The minimum Gasteiger partial charge on any atom is -0.394 e. The predicted octanol–water partition coefficient (Wildman–Crippen LogP) is 5.05. The fraction of sp³-hybridized carbons (Fsp3) is 0.912. The number of aliphatic hydroxyl groups excluding tert-OH is 5. The summed E-state index contributed by atoms with van der Waals surface area (Å²) in [4.78, 5) is 12.8. The molecule has 0 bridgehead atoms. The second-order valence-corrected chi connectivity index (χ2v) is 12.3. The van der Waals surface area contributed by atoms with Gasteiger partial charge in [-0.3, -0.25) is 4.79 Å². The molecule has 1 heterocycles. The molecule has 0 saturated carbocycles. The first-order valence-electron chi connectivity index (χ1n) is 17.4. The zero-order chi connectivity index (χ0) is 31.7. The molecular weight excluding hydrogens is 550 g/mol. The molecule has 6 N–H and O–H groups in total. The molecule has 7 atom stereocenters. The van der Waals surface area contributed by atoms with Gasteiger partial charge in [0.25, 0.3) is 0 Å². The predicted molar refractivity (Wildman–Crippen MR) is 170 cm³/mol. The number of nitrogens with one attached hydrogen (secondary N) is 1. The van der Waals surface area contributed by atoms with E-state index < -0.39 is 49.5 Å². The van der Waals surface area contributed by atoms with E-state index in [-0.39, 0.29) is 12.5 Å². The molecule has 9 nitrogen and oxygen atoms in total. The standard InChI is InChI=1S/C34H65NO8/c1-3-5-7-9-11-13-14-16-18-20-22-24-30(38)35-27(28(37)23-21-19-17-15-12-10-8-6-4-2)26-42-34-33(41)32(40)31(39)29(25-36)43-34/h21,23,27-29,31-34,36-37,39-41H,3-20,22,24-26H2,1-2H3,(H,35,38)/b23-21+. The van der Waals surface area contributed by atoms with E-state index in [1.165, 1.54) is 83.5 Å². The molecule has 0 aromatic heterocycles. The maximum absolute atomic E-state index is 12.8. The summed E-state index contributed by atoms with van der Waals surface area (Å²) in [5.74, 6) is -0.183. The molecule has 0 aliphatic carbocycles. The van der Waals surface area contributed by atoms with E-state index in [1.54, 1.807) is 6.08 Å². The van der Waals surface area contributed by atoms with Crippen LogP contribution in [0.2, 0.25) is 0 Å². The van der Waals surface area contributed by atoms with Gasteiger partial charge in [-0.2, -0.15) is 0 Å². The monoisotopic (exact) mass is 615 g/mol. The second kappa shape index (κ2) is 26.2. The van der Waals surface area contributed by atoms with E-state index in [4.69, 9.17) is 9.47 Å². The van der Waals surface area contributed by atoms with Crippen LogP contribution < -0.4 is 5.32 Å². The molecule has 7 unspecified atom stereocenters. The number of amides is 1. The molecule has 0 aromatic carbocycles. The Bertz CT molecular complexity index is 691. The van der Waals surface area contributed by atoms with Crippen LogP contribution in [0.4, 0.5) is 0 Å². The second-order valence-electron chi connectivity index (χ2n) is 12.3. The maximum Gasteiger partial charge on any atom is 0.220 e. The summed E-state index contributed by atoms with van der Waals surface area (Å²) < 4.78 is 11.1. The first-order valence-corrected chi connectivity index (χ1v) is 17.4. The lowest BCUT2D eigenvalue weighted by Gasteiger charge is -2.40. The smallest absolute Gasteiger partial charge is 0.220 e. The molecule has 1 saturated heterocycles. The third kappa shape index (κ3) is 18.5. The Hall–Kier alpha value is -1.07. The Morgan fingerprint density at radius 1 is 0.767 bits per heavy atom. The van der Waals surface area contributed by atoms with Crippen LogP contribution in [0.25, 0.3) is 0 Å². The van der Waals surface area contributed by atoms with Crippen molar-refractivity contribution in [1.82, 2.24) is 5.32 Å². The lowest BCUT2D eigenvalue weighted by atomic mass is 9.99. The summed E-state index contributed by atoms with van der Waals surface area (Å²) >= 11 is 0. The van der Waals surface area contributed by atoms with Crippen molar-refractivity contribution in [2.45, 2.75) is 185 Å². The zero-order valence-electron chi connectivity index (χ0n) is 27.2. The van der Waals surface area contributed by atoms with Gasteiger partial charge in [-0.15, -0.1) is 0 Å². The highest BCUT2D eigenvalue weighted by Gasteiger charge is 2.44. The van der Waals surface area contributed by atoms with E-state index in [2.05, 4.69) is 19.2 Å². The van der Waals surface area contributed by atoms with Crippen molar-refractivity contribution in [3.05, 3.63) is 12.2 Å². The van der Waals surface area contributed by atoms with Crippen molar-refractivity contribution < 1.29 is 39.8 Å². The molecule has 1 fully saturated rings. The fourth-order valence-electron chi connectivity index (χ4n) is 5.45. The first-order chi connectivity index (χ1) is 20.8. The van der Waals surface area contributed by atoms with Crippen molar-refractivity contribution in [2.24, 2.45) is 0 Å². The van der Waals surface area contributed by atoms with Gasteiger partial charge >= 0.3 is 0 Å². The van der Waals surface area contributed by atoms with Crippen LogP contribution in [-0.2, 0) is 14.3 Å². The van der Waals surface area contributed by atoms with E-state index in [1.807, 2.05) is 6.08 Å². The molecule has 0 aromatic rings. The van der Waals surface area contributed by atoms with Gasteiger partial charge < -0.3 is 40.3 Å². The molecule has 254 valence electrons. The number of carbonyl (C=O) groups excluding carboxylic acids is 1. The molecule has 43 heavy (non-hydrogen) atoms. The normalized spacial score (nSPS) is 23.9. The summed E-state index contributed by atoms with van der Waals surface area (Å²) in [5.41, 5.74) is 0. The third-order valence-electron chi connectivity index (χ3n) is 8.36. The van der Waals surface area contributed by atoms with Gasteiger partial charge in [0.1, 0.15) is 24.4 Å². The van der Waals surface area contributed by atoms with Crippen LogP contribution in [0.3, 0.4) is 0 Å². The average molecular weight is 616 g/mol. The molecule has 1 aliphatic heterocycles. The number of ether oxygens (including phenoxy) is 2. The van der Waals surface area contributed by atoms with Crippen molar-refractivity contribution in [1.29, 1.82) is 0 Å². The Labute approximate surface area is 261 Å². The lowest BCUT2D eigenvalue weighted by Crippen LogP contribution is -2.60. The highest BCUT2D eigenvalue weighted by molar-refractivity contribution is 5.76. The summed E-state index contributed by atoms with van der Waals surface area (Å²) in [6, 6.07) is -0.794. The SMILES string of the molecule is CCCCCCCCC/C=C/C(O)C(COC1OC(CO)C(O)C(O)C1O)NC(=O)CCCCCCCCCCCCC. The molecule has 9 heteroatoms. The lowest BCUT2D eigenvalue weighted by molar-refractivity contribution is -0.302. The topological polar surface area (TPSA) is 149 Å². The van der Waals surface area contributed by atoms with Crippen molar-refractivity contribution in [3.63, 3.8) is 0 Å². The first kappa shape index (κ1) is 40.0. The zero-order valence-corrected chi connectivity index (χ0v) is 27.2. The molecular formula is C34H65NO8. The van der Waals surface area contributed by atoms with Crippen LogP contribution in [0.1, 0.15) is 142 Å². The average Bonchev–Trinajstić information content (AvgIpc) is 3.00. The Morgan fingerprint density at radius 3 is 1.81 bits per heavy atom. The van der Waals surface area contributed by atoms with Gasteiger partial charge in [-0.25, -0.2) is 0 Å². The minimum atomic E-state index is -1.56. The molecule has 1 rings (SSSR count). The summed E-state index contributed by atoms with van der Waals surface area (Å²) in [6.07, 6.45) is 18.3. The molecule has 0 radical (unpaired) electrons. The Balaban J connectivity index is 2.51. The van der Waals surface area contributed by atoms with Crippen molar-refractivity contribution >= 4 is 5.91 Å². The number of unbranched alkanes of at least 4 members (excludes halogenated alkanes) is 17. The van der Waals surface area contributed by atoms with Crippen LogP contribution in [0.5, 0.6) is 0 Å². The van der Waals surface area contributed by atoms with E-state index in [0.29, 0.717) is 6.42 Å². The van der Waals surface area contributed by atoms with Gasteiger partial charge in [0.15, 0.2) is 6.29 Å². The number of rotatable bonds is 27. The molecule has 1 aliphatic rings. The van der Waals surface area contributed by atoms with Gasteiger partial charge in [0, 0.05) is 6.42 Å². The number of allylic oxidation sites excluding steroid dienone is 1. The molecule has 1 amide bonds. The van der Waals surface area contributed by atoms with Gasteiger partial charge in [0.2, 0.25) is 5.91 Å². The van der Waals surface area contributed by atoms with Gasteiger partial charge in [0.05, 0.1) is 25.4 Å². The van der Waals surface area contributed by atoms with Crippen LogP contribution in [0, 0.1) is 0 Å². The fourth-order valence-corrected chi connectivity index (χ4v) is 5.45. The van der Waals surface area contributed by atoms with E-state index in [9.17, 15) is 30.3 Å².